The van der Waals surface area contributed by atoms with E-state index in [0.717, 1.165) is 64.7 Å². The summed E-state index contributed by atoms with van der Waals surface area (Å²) >= 11 is 6.23. The molecule has 12 heteroatoms. The Morgan fingerprint density at radius 3 is 2.53 bits per heavy atom. The number of halogens is 4. The standard InChI is InChI=1S/C31H34ClF3N6O2/c1-18(2)24-25(21-6-3-7-23(32)27(21)43-31(33,34)35)36-14-22-26(24)38-29(42-17-30-10-4-12-41(30)13-5-11-30)39-28(22)40-15-19-8-9-20(16-40)37-19/h3,6-7,14,19-20,37H,1,4-5,8-13,15-17H2,2H3. The van der Waals surface area contributed by atoms with Gasteiger partial charge in [0.1, 0.15) is 12.4 Å². The van der Waals surface area contributed by atoms with Crippen LogP contribution in [0.1, 0.15) is 51.0 Å². The molecule has 3 aromatic rings. The summed E-state index contributed by atoms with van der Waals surface area (Å²) in [6.07, 6.45) is 3.34. The van der Waals surface area contributed by atoms with E-state index in [1.807, 2.05) is 0 Å². The Balaban J connectivity index is 1.38. The van der Waals surface area contributed by atoms with Gasteiger partial charge in [-0.3, -0.25) is 9.88 Å². The first-order valence-corrected chi connectivity index (χ1v) is 15.3. The van der Waals surface area contributed by atoms with Crippen LogP contribution in [0.3, 0.4) is 0 Å². The van der Waals surface area contributed by atoms with Crippen LogP contribution in [0.5, 0.6) is 11.8 Å². The topological polar surface area (TPSA) is 75.6 Å². The van der Waals surface area contributed by atoms with Crippen molar-refractivity contribution in [1.29, 1.82) is 0 Å². The lowest BCUT2D eigenvalue weighted by molar-refractivity contribution is -0.274. The van der Waals surface area contributed by atoms with Gasteiger partial charge < -0.3 is 19.7 Å². The molecule has 6 heterocycles. The normalized spacial score (nSPS) is 23.1. The Bertz CT molecular complexity index is 1560. The summed E-state index contributed by atoms with van der Waals surface area (Å²) in [6.45, 7) is 10.2. The van der Waals surface area contributed by atoms with Crippen LogP contribution in [0.25, 0.3) is 27.7 Å². The summed E-state index contributed by atoms with van der Waals surface area (Å²) in [7, 11) is 0. The molecule has 2 unspecified atom stereocenters. The van der Waals surface area contributed by atoms with Crippen molar-refractivity contribution in [3.63, 3.8) is 0 Å². The molecule has 0 spiro atoms. The quantitative estimate of drug-likeness (QED) is 0.336. The highest BCUT2D eigenvalue weighted by molar-refractivity contribution is 6.32. The first kappa shape index (κ1) is 28.6. The summed E-state index contributed by atoms with van der Waals surface area (Å²) < 4.78 is 51.2. The third-order valence-electron chi connectivity index (χ3n) is 9.37. The van der Waals surface area contributed by atoms with Gasteiger partial charge in [-0.25, -0.2) is 0 Å². The zero-order valence-corrected chi connectivity index (χ0v) is 24.8. The molecule has 0 aliphatic carbocycles. The van der Waals surface area contributed by atoms with E-state index in [-0.39, 0.29) is 27.8 Å². The van der Waals surface area contributed by atoms with Gasteiger partial charge in [0.15, 0.2) is 5.75 Å². The summed E-state index contributed by atoms with van der Waals surface area (Å²) in [4.78, 5) is 19.3. The fourth-order valence-corrected chi connectivity index (χ4v) is 7.72. The number of ether oxygens (including phenoxy) is 2. The Kier molecular flexibility index (Phi) is 7.17. The maximum absolute atomic E-state index is 13.4. The molecule has 43 heavy (non-hydrogen) atoms. The van der Waals surface area contributed by atoms with Crippen molar-refractivity contribution in [2.24, 2.45) is 0 Å². The second-order valence-electron chi connectivity index (χ2n) is 12.3. The van der Waals surface area contributed by atoms with Gasteiger partial charge in [0, 0.05) is 42.5 Å². The molecule has 1 aromatic carbocycles. The van der Waals surface area contributed by atoms with Gasteiger partial charge in [-0.15, -0.1) is 13.2 Å². The van der Waals surface area contributed by atoms with E-state index in [1.165, 1.54) is 12.1 Å². The minimum absolute atomic E-state index is 0.00214. The minimum atomic E-state index is -4.94. The second kappa shape index (κ2) is 10.8. The Morgan fingerprint density at radius 1 is 1.14 bits per heavy atom. The lowest BCUT2D eigenvalue weighted by Crippen LogP contribution is -2.51. The van der Waals surface area contributed by atoms with Gasteiger partial charge in [0.05, 0.1) is 27.2 Å². The van der Waals surface area contributed by atoms with Crippen molar-refractivity contribution in [2.45, 2.75) is 69.4 Å². The van der Waals surface area contributed by atoms with E-state index in [9.17, 15) is 13.2 Å². The lowest BCUT2D eigenvalue weighted by atomic mass is 9.95. The van der Waals surface area contributed by atoms with Gasteiger partial charge in [-0.05, 0) is 76.2 Å². The highest BCUT2D eigenvalue weighted by Crippen LogP contribution is 2.44. The van der Waals surface area contributed by atoms with E-state index in [0.29, 0.717) is 46.5 Å². The number of fused-ring (bicyclic) bond motifs is 4. The Morgan fingerprint density at radius 2 is 1.86 bits per heavy atom. The molecule has 2 bridgehead atoms. The number of piperazine rings is 1. The van der Waals surface area contributed by atoms with Gasteiger partial charge in [-0.2, -0.15) is 9.97 Å². The highest BCUT2D eigenvalue weighted by Gasteiger charge is 2.45. The zero-order valence-electron chi connectivity index (χ0n) is 24.0. The predicted molar refractivity (Wildman–Crippen MR) is 160 cm³/mol. The average Bonchev–Trinajstić information content (AvgIpc) is 3.64. The van der Waals surface area contributed by atoms with Crippen LogP contribution in [0.2, 0.25) is 5.02 Å². The molecule has 7 rings (SSSR count). The first-order chi connectivity index (χ1) is 20.6. The molecule has 4 aliphatic heterocycles. The van der Waals surface area contributed by atoms with Gasteiger partial charge >= 0.3 is 12.4 Å². The van der Waals surface area contributed by atoms with Crippen LogP contribution < -0.4 is 19.7 Å². The molecule has 1 N–H and O–H groups in total. The van der Waals surface area contributed by atoms with Crippen molar-refractivity contribution >= 4 is 33.9 Å². The molecule has 228 valence electrons. The zero-order chi connectivity index (χ0) is 29.9. The van der Waals surface area contributed by atoms with E-state index in [2.05, 4.69) is 31.4 Å². The summed E-state index contributed by atoms with van der Waals surface area (Å²) in [5.41, 5.74) is 1.94. The number of allylic oxidation sites excluding steroid dienone is 1. The first-order valence-electron chi connectivity index (χ1n) is 14.9. The van der Waals surface area contributed by atoms with Gasteiger partial charge in [0.2, 0.25) is 0 Å². The fourth-order valence-electron chi connectivity index (χ4n) is 7.51. The lowest BCUT2D eigenvalue weighted by Gasteiger charge is -2.35. The number of hydrogen-bond donors (Lipinski definition) is 1. The molecular weight excluding hydrogens is 581 g/mol. The number of rotatable bonds is 7. The van der Waals surface area contributed by atoms with E-state index >= 15 is 0 Å². The van der Waals surface area contributed by atoms with Crippen molar-refractivity contribution in [3.05, 3.63) is 41.6 Å². The highest BCUT2D eigenvalue weighted by atomic mass is 35.5. The van der Waals surface area contributed by atoms with Crippen molar-refractivity contribution in [2.75, 3.05) is 37.7 Å². The van der Waals surface area contributed by atoms with Crippen LogP contribution in [-0.4, -0.2) is 76.6 Å². The number of hydrogen-bond acceptors (Lipinski definition) is 8. The largest absolute Gasteiger partial charge is 0.573 e. The minimum Gasteiger partial charge on any atom is -0.461 e. The molecule has 0 amide bonds. The predicted octanol–water partition coefficient (Wildman–Crippen LogP) is 6.22. The number of para-hydroxylation sites is 1. The van der Waals surface area contributed by atoms with Crippen LogP contribution in [0.4, 0.5) is 19.0 Å². The smallest absolute Gasteiger partial charge is 0.461 e. The SMILES string of the molecule is C=C(C)c1c(-c2cccc(Cl)c2OC(F)(F)F)ncc2c(N3CC4CCC(C3)N4)nc(OCC34CCCN3CCC4)nc12. The van der Waals surface area contributed by atoms with Crippen molar-refractivity contribution in [1.82, 2.24) is 25.2 Å². The number of aromatic nitrogens is 3. The molecule has 4 fully saturated rings. The maximum Gasteiger partial charge on any atom is 0.573 e. The third kappa shape index (κ3) is 5.29. The molecule has 0 saturated carbocycles. The van der Waals surface area contributed by atoms with E-state index < -0.39 is 12.1 Å². The summed E-state index contributed by atoms with van der Waals surface area (Å²) in [6, 6.07) is 5.40. The van der Waals surface area contributed by atoms with Crippen LogP contribution >= 0.6 is 11.6 Å². The van der Waals surface area contributed by atoms with E-state index in [1.54, 1.807) is 19.2 Å². The number of nitrogens with one attached hydrogen (secondary N) is 1. The Hall–Kier alpha value is -3.15. The molecule has 2 atom stereocenters. The molecular formula is C31H34ClF3N6O2. The summed E-state index contributed by atoms with van der Waals surface area (Å²) in [5.74, 6) is 0.196. The van der Waals surface area contributed by atoms with Crippen molar-refractivity contribution < 1.29 is 22.6 Å². The average molecular weight is 615 g/mol. The molecule has 8 nitrogen and oxygen atoms in total. The number of alkyl halides is 3. The van der Waals surface area contributed by atoms with Crippen LogP contribution in [0.15, 0.2) is 31.0 Å². The van der Waals surface area contributed by atoms with E-state index in [4.69, 9.17) is 26.3 Å². The molecule has 4 aliphatic rings. The molecule has 2 aromatic heterocycles. The maximum atomic E-state index is 13.4. The number of benzene rings is 1. The Labute approximate surface area is 253 Å². The van der Waals surface area contributed by atoms with Gasteiger partial charge in [-0.1, -0.05) is 24.2 Å². The summed E-state index contributed by atoms with van der Waals surface area (Å²) in [5, 5.41) is 4.18. The molecule has 4 saturated heterocycles. The van der Waals surface area contributed by atoms with Crippen molar-refractivity contribution in [3.8, 4) is 23.0 Å². The fraction of sp³-hybridized carbons (Fsp3) is 0.516. The number of anilines is 1. The monoisotopic (exact) mass is 614 g/mol. The number of nitrogens with zero attached hydrogens (tertiary/aromatic N) is 5. The van der Waals surface area contributed by atoms with Gasteiger partial charge in [0.25, 0.3) is 0 Å². The third-order valence-corrected chi connectivity index (χ3v) is 9.66. The van der Waals surface area contributed by atoms with Crippen LogP contribution in [-0.2, 0) is 0 Å². The molecule has 0 radical (unpaired) electrons. The van der Waals surface area contributed by atoms with Crippen LogP contribution in [0, 0.1) is 0 Å². The second-order valence-corrected chi connectivity index (χ2v) is 12.7. The number of pyridine rings is 1.